The highest BCUT2D eigenvalue weighted by Gasteiger charge is 1.99. The van der Waals surface area contributed by atoms with Crippen molar-refractivity contribution in [1.29, 1.82) is 0 Å². The van der Waals surface area contributed by atoms with Gasteiger partial charge in [-0.3, -0.25) is 0 Å². The average molecular weight is 242 g/mol. The molecule has 1 aromatic rings. The van der Waals surface area contributed by atoms with Crippen LogP contribution in [-0.4, -0.2) is 6.54 Å². The minimum absolute atomic E-state index is 0.722. The van der Waals surface area contributed by atoms with E-state index < -0.39 is 0 Å². The largest absolute Gasteiger partial charge is 0.330 e. The Morgan fingerprint density at radius 1 is 1.31 bits per heavy atom. The summed E-state index contributed by atoms with van der Waals surface area (Å²) in [5, 5.41) is 0. The van der Waals surface area contributed by atoms with E-state index in [1.807, 2.05) is 0 Å². The van der Waals surface area contributed by atoms with Crippen LogP contribution in [-0.2, 0) is 12.8 Å². The quantitative estimate of drug-likeness (QED) is 0.863. The third kappa shape index (κ3) is 3.12. The van der Waals surface area contributed by atoms with Crippen LogP contribution in [0.25, 0.3) is 0 Å². The summed E-state index contributed by atoms with van der Waals surface area (Å²) in [5.41, 5.74) is 8.20. The molecule has 2 N–H and O–H groups in total. The van der Waals surface area contributed by atoms with Crippen molar-refractivity contribution in [3.63, 3.8) is 0 Å². The average Bonchev–Trinajstić information content (AvgIpc) is 2.10. The molecular formula is C11H16BrN. The first kappa shape index (κ1) is 10.7. The number of benzene rings is 1. The Hall–Kier alpha value is -0.340. The first-order valence-electron chi connectivity index (χ1n) is 4.75. The lowest BCUT2D eigenvalue weighted by Gasteiger charge is -2.05. The van der Waals surface area contributed by atoms with Gasteiger partial charge in [-0.25, -0.2) is 0 Å². The molecule has 0 aliphatic carbocycles. The van der Waals surface area contributed by atoms with Crippen LogP contribution in [0.4, 0.5) is 0 Å². The summed E-state index contributed by atoms with van der Waals surface area (Å²) in [6.45, 7) is 2.92. The molecule has 0 aromatic heterocycles. The number of aryl methyl sites for hydroxylation is 1. The molecule has 0 amide bonds. The fourth-order valence-corrected chi connectivity index (χ4v) is 2.01. The van der Waals surface area contributed by atoms with Crippen molar-refractivity contribution in [3.8, 4) is 0 Å². The van der Waals surface area contributed by atoms with Gasteiger partial charge in [0.2, 0.25) is 0 Å². The van der Waals surface area contributed by atoms with E-state index >= 15 is 0 Å². The molecule has 0 aliphatic rings. The molecule has 13 heavy (non-hydrogen) atoms. The zero-order valence-electron chi connectivity index (χ0n) is 8.02. The molecule has 1 rings (SSSR count). The van der Waals surface area contributed by atoms with Crippen LogP contribution in [0, 0.1) is 0 Å². The van der Waals surface area contributed by atoms with E-state index in [2.05, 4.69) is 41.1 Å². The lowest BCUT2D eigenvalue weighted by Crippen LogP contribution is -2.02. The Morgan fingerprint density at radius 3 is 2.62 bits per heavy atom. The van der Waals surface area contributed by atoms with E-state index in [4.69, 9.17) is 5.73 Å². The minimum Gasteiger partial charge on any atom is -0.330 e. The van der Waals surface area contributed by atoms with Gasteiger partial charge in [-0.2, -0.15) is 0 Å². The summed E-state index contributed by atoms with van der Waals surface area (Å²) < 4.78 is 1.22. The van der Waals surface area contributed by atoms with E-state index in [0.717, 1.165) is 19.4 Å². The summed E-state index contributed by atoms with van der Waals surface area (Å²) in [6.07, 6.45) is 3.29. The van der Waals surface area contributed by atoms with Crippen LogP contribution < -0.4 is 5.73 Å². The minimum atomic E-state index is 0.722. The van der Waals surface area contributed by atoms with Gasteiger partial charge in [0.25, 0.3) is 0 Å². The molecule has 2 heteroatoms. The van der Waals surface area contributed by atoms with Gasteiger partial charge >= 0.3 is 0 Å². The predicted octanol–water partition coefficient (Wildman–Crippen LogP) is 2.90. The lowest BCUT2D eigenvalue weighted by molar-refractivity contribution is 0.910. The molecule has 0 radical (unpaired) electrons. The fraction of sp³-hybridized carbons (Fsp3) is 0.455. The molecule has 0 heterocycles. The van der Waals surface area contributed by atoms with Crippen LogP contribution in [0.3, 0.4) is 0 Å². The second-order valence-electron chi connectivity index (χ2n) is 3.21. The number of rotatable bonds is 4. The highest BCUT2D eigenvalue weighted by molar-refractivity contribution is 9.10. The van der Waals surface area contributed by atoms with E-state index in [9.17, 15) is 0 Å². The van der Waals surface area contributed by atoms with Crippen LogP contribution in [0.1, 0.15) is 24.5 Å². The molecule has 0 saturated carbocycles. The zero-order valence-corrected chi connectivity index (χ0v) is 9.60. The summed E-state index contributed by atoms with van der Waals surface area (Å²) in [6, 6.07) is 6.54. The van der Waals surface area contributed by atoms with E-state index in [1.165, 1.54) is 22.0 Å². The molecule has 0 bridgehead atoms. The van der Waals surface area contributed by atoms with Crippen molar-refractivity contribution in [2.45, 2.75) is 26.2 Å². The summed E-state index contributed by atoms with van der Waals surface area (Å²) in [7, 11) is 0. The first-order valence-corrected chi connectivity index (χ1v) is 5.54. The third-order valence-electron chi connectivity index (χ3n) is 2.07. The summed E-state index contributed by atoms with van der Waals surface area (Å²) in [4.78, 5) is 0. The van der Waals surface area contributed by atoms with Crippen LogP contribution in [0.15, 0.2) is 22.7 Å². The topological polar surface area (TPSA) is 26.0 Å². The second-order valence-corrected chi connectivity index (χ2v) is 4.07. The van der Waals surface area contributed by atoms with E-state index in [1.54, 1.807) is 0 Å². The normalized spacial score (nSPS) is 10.4. The molecule has 0 spiro atoms. The van der Waals surface area contributed by atoms with Crippen molar-refractivity contribution in [2.24, 2.45) is 5.73 Å². The third-order valence-corrected chi connectivity index (χ3v) is 2.81. The van der Waals surface area contributed by atoms with Gasteiger partial charge in [0.05, 0.1) is 0 Å². The van der Waals surface area contributed by atoms with Crippen molar-refractivity contribution in [2.75, 3.05) is 6.54 Å². The standard InChI is InChI=1S/C11H16BrN/c1-2-3-10-5-4-9(6-7-13)8-11(10)12/h4-5,8H,2-3,6-7,13H2,1H3. The van der Waals surface area contributed by atoms with E-state index in [-0.39, 0.29) is 0 Å². The molecule has 0 unspecified atom stereocenters. The molecule has 1 aromatic carbocycles. The smallest absolute Gasteiger partial charge is 0.0210 e. The highest BCUT2D eigenvalue weighted by Crippen LogP contribution is 2.20. The Balaban J connectivity index is 2.79. The zero-order chi connectivity index (χ0) is 9.68. The van der Waals surface area contributed by atoms with Gasteiger partial charge < -0.3 is 5.73 Å². The molecule has 0 saturated heterocycles. The number of halogens is 1. The van der Waals surface area contributed by atoms with Gasteiger partial charge in [-0.05, 0) is 36.6 Å². The predicted molar refractivity (Wildman–Crippen MR) is 60.9 cm³/mol. The van der Waals surface area contributed by atoms with Gasteiger partial charge in [0.1, 0.15) is 0 Å². The monoisotopic (exact) mass is 241 g/mol. The van der Waals surface area contributed by atoms with Gasteiger partial charge in [0, 0.05) is 4.47 Å². The van der Waals surface area contributed by atoms with Crippen LogP contribution in [0.2, 0.25) is 0 Å². The summed E-state index contributed by atoms with van der Waals surface area (Å²) in [5.74, 6) is 0. The van der Waals surface area contributed by atoms with E-state index in [0.29, 0.717) is 0 Å². The van der Waals surface area contributed by atoms with Crippen LogP contribution in [0.5, 0.6) is 0 Å². The van der Waals surface area contributed by atoms with Crippen molar-refractivity contribution >= 4 is 15.9 Å². The number of hydrogen-bond acceptors (Lipinski definition) is 1. The van der Waals surface area contributed by atoms with Crippen molar-refractivity contribution in [3.05, 3.63) is 33.8 Å². The lowest BCUT2D eigenvalue weighted by atomic mass is 10.1. The molecule has 0 fully saturated rings. The summed E-state index contributed by atoms with van der Waals surface area (Å²) >= 11 is 3.58. The molecular weight excluding hydrogens is 226 g/mol. The number of nitrogens with two attached hydrogens (primary N) is 1. The highest BCUT2D eigenvalue weighted by atomic mass is 79.9. The Bertz CT molecular complexity index is 271. The van der Waals surface area contributed by atoms with Gasteiger partial charge in [-0.1, -0.05) is 41.4 Å². The van der Waals surface area contributed by atoms with Crippen molar-refractivity contribution in [1.82, 2.24) is 0 Å². The molecule has 0 atom stereocenters. The molecule has 0 aliphatic heterocycles. The molecule has 72 valence electrons. The SMILES string of the molecule is CCCc1ccc(CCN)cc1Br. The Kier molecular flexibility index (Phi) is 4.46. The molecule has 1 nitrogen and oxygen atoms in total. The van der Waals surface area contributed by atoms with Gasteiger partial charge in [0.15, 0.2) is 0 Å². The number of hydrogen-bond donors (Lipinski definition) is 1. The second kappa shape index (κ2) is 5.40. The van der Waals surface area contributed by atoms with Crippen LogP contribution >= 0.6 is 15.9 Å². The maximum atomic E-state index is 5.49. The Labute approximate surface area is 88.5 Å². The van der Waals surface area contributed by atoms with Gasteiger partial charge in [-0.15, -0.1) is 0 Å². The maximum Gasteiger partial charge on any atom is 0.0210 e. The Morgan fingerprint density at radius 2 is 2.08 bits per heavy atom. The first-order chi connectivity index (χ1) is 6.27. The maximum absolute atomic E-state index is 5.49. The van der Waals surface area contributed by atoms with Crippen molar-refractivity contribution < 1.29 is 0 Å². The fourth-order valence-electron chi connectivity index (χ4n) is 1.39.